The van der Waals surface area contributed by atoms with Gasteiger partial charge < -0.3 is 5.32 Å². The molecule has 0 spiro atoms. The molecule has 1 aromatic carbocycles. The van der Waals surface area contributed by atoms with Crippen LogP contribution in [0.5, 0.6) is 0 Å². The lowest BCUT2D eigenvalue weighted by Gasteiger charge is -2.08. The van der Waals surface area contributed by atoms with Crippen molar-refractivity contribution in [3.05, 3.63) is 42.0 Å². The highest BCUT2D eigenvalue weighted by atomic mass is 16.2. The van der Waals surface area contributed by atoms with E-state index >= 15 is 0 Å². The molecule has 0 aromatic heterocycles. The van der Waals surface area contributed by atoms with Crippen molar-refractivity contribution < 1.29 is 14.4 Å². The summed E-state index contributed by atoms with van der Waals surface area (Å²) in [6.45, 7) is 4.22. The van der Waals surface area contributed by atoms with Gasteiger partial charge in [0.15, 0.2) is 0 Å². The number of hydrogen-bond donors (Lipinski definition) is 3. The molecule has 0 radical (unpaired) electrons. The molecule has 0 heterocycles. The van der Waals surface area contributed by atoms with Crippen LogP contribution in [0.2, 0.25) is 0 Å². The van der Waals surface area contributed by atoms with Gasteiger partial charge in [-0.05, 0) is 17.6 Å². The lowest BCUT2D eigenvalue weighted by atomic mass is 10.2. The molecule has 0 aliphatic carbocycles. The fraction of sp³-hybridized carbons (Fsp3) is 0.267. The molecule has 21 heavy (non-hydrogen) atoms. The molecule has 0 aliphatic rings. The summed E-state index contributed by atoms with van der Waals surface area (Å²) in [7, 11) is 0. The average molecular weight is 289 g/mol. The van der Waals surface area contributed by atoms with Crippen LogP contribution >= 0.6 is 0 Å². The summed E-state index contributed by atoms with van der Waals surface area (Å²) in [6.07, 6.45) is 2.86. The topological polar surface area (TPSA) is 87.3 Å². The number of rotatable bonds is 4. The van der Waals surface area contributed by atoms with E-state index in [0.29, 0.717) is 6.54 Å². The summed E-state index contributed by atoms with van der Waals surface area (Å²) in [5.41, 5.74) is 5.03. The third-order valence-corrected chi connectivity index (χ3v) is 2.40. The number of benzene rings is 1. The highest BCUT2D eigenvalue weighted by Gasteiger charge is 2.13. The van der Waals surface area contributed by atoms with Gasteiger partial charge in [0, 0.05) is 12.6 Å². The Balaban J connectivity index is 2.34. The van der Waals surface area contributed by atoms with Crippen molar-refractivity contribution in [2.45, 2.75) is 13.8 Å². The van der Waals surface area contributed by atoms with E-state index < -0.39 is 17.7 Å². The molecule has 0 fully saturated rings. The Morgan fingerprint density at radius 2 is 1.71 bits per heavy atom. The maximum atomic E-state index is 11.5. The van der Waals surface area contributed by atoms with Crippen molar-refractivity contribution in [1.29, 1.82) is 0 Å². The number of hydrogen-bond acceptors (Lipinski definition) is 3. The zero-order chi connectivity index (χ0) is 15.7. The van der Waals surface area contributed by atoms with Crippen LogP contribution in [0.3, 0.4) is 0 Å². The fourth-order valence-electron chi connectivity index (χ4n) is 1.33. The van der Waals surface area contributed by atoms with Crippen molar-refractivity contribution in [2.24, 2.45) is 5.92 Å². The number of carbonyl (C=O) groups excluding carboxylic acids is 3. The third-order valence-electron chi connectivity index (χ3n) is 2.40. The van der Waals surface area contributed by atoms with Crippen LogP contribution in [0, 0.1) is 5.92 Å². The molecule has 112 valence electrons. The van der Waals surface area contributed by atoms with Crippen LogP contribution in [0.1, 0.15) is 19.4 Å². The van der Waals surface area contributed by atoms with Crippen LogP contribution in [0.4, 0.5) is 0 Å². The zero-order valence-corrected chi connectivity index (χ0v) is 12.1. The van der Waals surface area contributed by atoms with E-state index in [1.165, 1.54) is 6.08 Å². The van der Waals surface area contributed by atoms with Crippen molar-refractivity contribution in [3.63, 3.8) is 0 Å². The summed E-state index contributed by atoms with van der Waals surface area (Å²) in [5, 5.41) is 2.44. The van der Waals surface area contributed by atoms with E-state index in [1.54, 1.807) is 6.08 Å². The summed E-state index contributed by atoms with van der Waals surface area (Å²) in [4.78, 5) is 34.2. The van der Waals surface area contributed by atoms with Gasteiger partial charge in [0.25, 0.3) is 5.91 Å². The van der Waals surface area contributed by atoms with Crippen LogP contribution < -0.4 is 16.2 Å². The predicted octanol–water partition coefficient (Wildman–Crippen LogP) is 0.619. The second-order valence-electron chi connectivity index (χ2n) is 4.79. The maximum absolute atomic E-state index is 11.5. The summed E-state index contributed by atoms with van der Waals surface area (Å²) in [5.74, 6) is -1.97. The normalized spacial score (nSPS) is 10.4. The summed E-state index contributed by atoms with van der Waals surface area (Å²) >= 11 is 0. The van der Waals surface area contributed by atoms with Gasteiger partial charge in [-0.2, -0.15) is 0 Å². The standard InChI is InChI=1S/C15H19N3O3/c1-11(2)10-16-14(20)15(21)18-17-13(19)9-8-12-6-4-3-5-7-12/h3-9,11H,10H2,1-2H3,(H,16,20)(H,17,19)(H,18,21)/b9-8+. The Kier molecular flexibility index (Phi) is 6.67. The molecule has 0 unspecified atom stereocenters. The fourth-order valence-corrected chi connectivity index (χ4v) is 1.33. The number of nitrogens with one attached hydrogen (secondary N) is 3. The van der Waals surface area contributed by atoms with Gasteiger partial charge in [0.1, 0.15) is 0 Å². The minimum Gasteiger partial charge on any atom is -0.348 e. The first kappa shape index (κ1) is 16.4. The Labute approximate surface area is 123 Å². The molecule has 1 aromatic rings. The molecule has 1 rings (SSSR count). The first-order valence-electron chi connectivity index (χ1n) is 6.60. The lowest BCUT2D eigenvalue weighted by Crippen LogP contribution is -2.48. The molecule has 6 heteroatoms. The van der Waals surface area contributed by atoms with Crippen molar-refractivity contribution in [1.82, 2.24) is 16.2 Å². The van der Waals surface area contributed by atoms with E-state index in [-0.39, 0.29) is 5.92 Å². The van der Waals surface area contributed by atoms with E-state index in [9.17, 15) is 14.4 Å². The number of carbonyl (C=O) groups is 3. The minimum absolute atomic E-state index is 0.241. The van der Waals surface area contributed by atoms with Crippen LogP contribution in [0.15, 0.2) is 36.4 Å². The largest absolute Gasteiger partial charge is 0.348 e. The maximum Gasteiger partial charge on any atom is 0.327 e. The molecular formula is C15H19N3O3. The molecule has 0 atom stereocenters. The molecule has 0 saturated carbocycles. The van der Waals surface area contributed by atoms with Crippen LogP contribution in [-0.2, 0) is 14.4 Å². The van der Waals surface area contributed by atoms with Crippen molar-refractivity contribution >= 4 is 23.8 Å². The third kappa shape index (κ3) is 6.91. The first-order chi connectivity index (χ1) is 9.99. The molecule has 3 amide bonds. The Hall–Kier alpha value is -2.63. The van der Waals surface area contributed by atoms with Gasteiger partial charge in [-0.1, -0.05) is 44.2 Å². The smallest absolute Gasteiger partial charge is 0.327 e. The highest BCUT2D eigenvalue weighted by molar-refractivity contribution is 6.35. The van der Waals surface area contributed by atoms with Gasteiger partial charge in [-0.3, -0.25) is 25.2 Å². The number of amides is 3. The Bertz CT molecular complexity index is 524. The Morgan fingerprint density at radius 3 is 2.33 bits per heavy atom. The van der Waals surface area contributed by atoms with Crippen molar-refractivity contribution in [2.75, 3.05) is 6.54 Å². The van der Waals surface area contributed by atoms with Gasteiger partial charge in [-0.25, -0.2) is 0 Å². The Morgan fingerprint density at radius 1 is 1.05 bits per heavy atom. The first-order valence-corrected chi connectivity index (χ1v) is 6.60. The summed E-state index contributed by atoms with van der Waals surface area (Å²) in [6, 6.07) is 9.23. The lowest BCUT2D eigenvalue weighted by molar-refractivity contribution is -0.140. The zero-order valence-electron chi connectivity index (χ0n) is 12.1. The van der Waals surface area contributed by atoms with Crippen LogP contribution in [-0.4, -0.2) is 24.3 Å². The van der Waals surface area contributed by atoms with E-state index in [1.807, 2.05) is 49.6 Å². The SMILES string of the molecule is CC(C)CNC(=O)C(=O)NNC(=O)/C=C/c1ccccc1. The molecule has 0 bridgehead atoms. The predicted molar refractivity (Wildman–Crippen MR) is 79.6 cm³/mol. The second kappa shape index (κ2) is 8.52. The van der Waals surface area contributed by atoms with Gasteiger partial charge >= 0.3 is 11.8 Å². The number of hydrazine groups is 1. The van der Waals surface area contributed by atoms with Gasteiger partial charge in [0.2, 0.25) is 0 Å². The van der Waals surface area contributed by atoms with Gasteiger partial charge in [-0.15, -0.1) is 0 Å². The minimum atomic E-state index is -0.905. The van der Waals surface area contributed by atoms with E-state index in [2.05, 4.69) is 10.7 Å². The molecular weight excluding hydrogens is 270 g/mol. The summed E-state index contributed by atoms with van der Waals surface area (Å²) < 4.78 is 0. The molecule has 6 nitrogen and oxygen atoms in total. The molecule has 0 saturated heterocycles. The second-order valence-corrected chi connectivity index (χ2v) is 4.79. The molecule has 3 N–H and O–H groups in total. The quantitative estimate of drug-likeness (QED) is 0.431. The van der Waals surface area contributed by atoms with E-state index in [4.69, 9.17) is 0 Å². The average Bonchev–Trinajstić information content (AvgIpc) is 2.49. The van der Waals surface area contributed by atoms with E-state index in [0.717, 1.165) is 5.56 Å². The monoisotopic (exact) mass is 289 g/mol. The van der Waals surface area contributed by atoms with Gasteiger partial charge in [0.05, 0.1) is 0 Å². The van der Waals surface area contributed by atoms with Crippen molar-refractivity contribution in [3.8, 4) is 0 Å². The highest BCUT2D eigenvalue weighted by Crippen LogP contribution is 2.00. The molecule has 0 aliphatic heterocycles. The van der Waals surface area contributed by atoms with Crippen LogP contribution in [0.25, 0.3) is 6.08 Å².